The number of hydrogen-bond acceptors (Lipinski definition) is 4. The van der Waals surface area contributed by atoms with Crippen LogP contribution < -0.4 is 10.6 Å². The lowest BCUT2D eigenvalue weighted by Crippen LogP contribution is -2.12. The van der Waals surface area contributed by atoms with Crippen LogP contribution in [0.1, 0.15) is 22.3 Å². The molecule has 0 aliphatic carbocycles. The van der Waals surface area contributed by atoms with Gasteiger partial charge in [0, 0.05) is 29.7 Å². The lowest BCUT2D eigenvalue weighted by molar-refractivity contribution is -0.135. The Kier molecular flexibility index (Phi) is 8.25. The fraction of sp³-hybridized carbons (Fsp3) is 0.0769. The zero-order valence-electron chi connectivity index (χ0n) is 17.9. The van der Waals surface area contributed by atoms with Gasteiger partial charge in [-0.15, -0.1) is 0 Å². The summed E-state index contributed by atoms with van der Waals surface area (Å²) in [6.07, 6.45) is 7.36. The predicted octanol–water partition coefficient (Wildman–Crippen LogP) is 4.77. The fourth-order valence-corrected chi connectivity index (χ4v) is 2.99. The maximum atomic E-state index is 12.6. The first-order valence-electron chi connectivity index (χ1n) is 10.3. The van der Waals surface area contributed by atoms with Gasteiger partial charge in [-0.05, 0) is 52.8 Å². The van der Waals surface area contributed by atoms with Gasteiger partial charge in [-0.2, -0.15) is 0 Å². The summed E-state index contributed by atoms with van der Waals surface area (Å²) >= 11 is 0. The Morgan fingerprint density at radius 3 is 2.48 bits per heavy atom. The van der Waals surface area contributed by atoms with E-state index in [1.165, 1.54) is 12.3 Å². The highest BCUT2D eigenvalue weighted by Gasteiger charge is 2.07. The fourth-order valence-electron chi connectivity index (χ4n) is 2.99. The molecular weight excluding hydrogens is 416 g/mol. The van der Waals surface area contributed by atoms with Crippen molar-refractivity contribution >= 4 is 40.4 Å². The van der Waals surface area contributed by atoms with Crippen LogP contribution in [0.5, 0.6) is 0 Å². The third-order valence-corrected chi connectivity index (χ3v) is 4.62. The van der Waals surface area contributed by atoms with Gasteiger partial charge in [0.05, 0.1) is 12.8 Å². The van der Waals surface area contributed by atoms with E-state index in [-0.39, 0.29) is 18.0 Å². The van der Waals surface area contributed by atoms with Crippen molar-refractivity contribution in [1.29, 1.82) is 5.41 Å². The highest BCUT2D eigenvalue weighted by molar-refractivity contribution is 6.06. The molecule has 0 atom stereocenters. The molecule has 0 unspecified atom stereocenters. The van der Waals surface area contributed by atoms with Gasteiger partial charge in [-0.1, -0.05) is 48.5 Å². The van der Waals surface area contributed by atoms with Crippen LogP contribution in [0, 0.1) is 5.41 Å². The third kappa shape index (κ3) is 7.59. The van der Waals surface area contributed by atoms with Crippen molar-refractivity contribution in [2.75, 3.05) is 5.32 Å². The number of carboxylic acids is 1. The number of anilines is 1. The second-order valence-electron chi connectivity index (χ2n) is 7.17. The Morgan fingerprint density at radius 1 is 0.970 bits per heavy atom. The highest BCUT2D eigenvalue weighted by atomic mass is 16.4. The monoisotopic (exact) mass is 440 g/mol. The molecule has 0 aliphatic rings. The summed E-state index contributed by atoms with van der Waals surface area (Å²) in [7, 11) is 0. The average Bonchev–Trinajstić information content (AvgIpc) is 2.81. The number of aliphatic carboxylic acids is 1. The Morgan fingerprint density at radius 2 is 1.73 bits per heavy atom. The SMILES string of the molecule is N=C(/C=C/C=C\N=C\NCc1ccc(NC(=O)c2ccc3ccccc3c2)cc1)CC(=O)O. The minimum Gasteiger partial charge on any atom is -0.481 e. The molecule has 3 aromatic carbocycles. The zero-order valence-corrected chi connectivity index (χ0v) is 17.9. The van der Waals surface area contributed by atoms with Crippen molar-refractivity contribution in [2.45, 2.75) is 13.0 Å². The summed E-state index contributed by atoms with van der Waals surface area (Å²) in [4.78, 5) is 27.1. The molecule has 0 aliphatic heterocycles. The summed E-state index contributed by atoms with van der Waals surface area (Å²) in [5.74, 6) is -1.19. The van der Waals surface area contributed by atoms with Crippen molar-refractivity contribution in [3.63, 3.8) is 0 Å². The summed E-state index contributed by atoms with van der Waals surface area (Å²) < 4.78 is 0. The molecule has 4 N–H and O–H groups in total. The second-order valence-corrected chi connectivity index (χ2v) is 7.17. The van der Waals surface area contributed by atoms with Crippen LogP contribution in [0.2, 0.25) is 0 Å². The molecule has 0 fully saturated rings. The Bertz CT molecular complexity index is 1230. The van der Waals surface area contributed by atoms with E-state index >= 15 is 0 Å². The quantitative estimate of drug-likeness (QED) is 0.206. The molecule has 3 aromatic rings. The topological polar surface area (TPSA) is 115 Å². The Hall–Kier alpha value is -4.52. The molecule has 0 saturated carbocycles. The average molecular weight is 441 g/mol. The molecule has 0 saturated heterocycles. The van der Waals surface area contributed by atoms with E-state index in [4.69, 9.17) is 10.5 Å². The molecule has 3 rings (SSSR count). The number of rotatable bonds is 10. The molecule has 0 heterocycles. The molecule has 33 heavy (non-hydrogen) atoms. The summed E-state index contributed by atoms with van der Waals surface area (Å²) in [6, 6.07) is 21.1. The minimum atomic E-state index is -1.03. The smallest absolute Gasteiger partial charge is 0.309 e. The predicted molar refractivity (Wildman–Crippen MR) is 132 cm³/mol. The molecule has 0 bridgehead atoms. The first-order chi connectivity index (χ1) is 16.0. The number of aliphatic imine (C=N–C) groups is 1. The lowest BCUT2D eigenvalue weighted by atomic mass is 10.1. The van der Waals surface area contributed by atoms with E-state index in [1.807, 2.05) is 66.7 Å². The van der Waals surface area contributed by atoms with E-state index in [9.17, 15) is 9.59 Å². The van der Waals surface area contributed by atoms with E-state index in [2.05, 4.69) is 15.6 Å². The zero-order chi connectivity index (χ0) is 23.5. The van der Waals surface area contributed by atoms with Crippen LogP contribution in [0.4, 0.5) is 5.69 Å². The standard InChI is InChI=1S/C26H24N4O3/c27-23(16-25(31)32)7-3-4-14-28-18-29-17-19-8-12-24(13-9-19)30-26(33)22-11-10-20-5-1-2-6-21(20)15-22/h1-15,18,27H,16-17H2,(H,28,29)(H,30,33)(H,31,32)/b7-3+,14-4-,27-23?. The molecule has 0 radical (unpaired) electrons. The van der Waals surface area contributed by atoms with E-state index in [0.29, 0.717) is 17.8 Å². The number of carbonyl (C=O) groups excluding carboxylic acids is 1. The molecule has 7 heteroatoms. The van der Waals surface area contributed by atoms with E-state index in [1.54, 1.807) is 18.5 Å². The van der Waals surface area contributed by atoms with Gasteiger partial charge in [0.15, 0.2) is 0 Å². The lowest BCUT2D eigenvalue weighted by Gasteiger charge is -2.08. The van der Waals surface area contributed by atoms with Gasteiger partial charge in [0.25, 0.3) is 5.91 Å². The van der Waals surface area contributed by atoms with Crippen molar-refractivity contribution < 1.29 is 14.7 Å². The Balaban J connectivity index is 1.44. The van der Waals surface area contributed by atoms with Crippen molar-refractivity contribution in [1.82, 2.24) is 5.32 Å². The number of nitrogens with zero attached hydrogens (tertiary/aromatic N) is 1. The van der Waals surface area contributed by atoms with Gasteiger partial charge < -0.3 is 21.1 Å². The Labute approximate surface area is 191 Å². The van der Waals surface area contributed by atoms with Crippen LogP contribution >= 0.6 is 0 Å². The van der Waals surface area contributed by atoms with Crippen LogP contribution in [-0.4, -0.2) is 29.0 Å². The highest BCUT2D eigenvalue weighted by Crippen LogP contribution is 2.17. The van der Waals surface area contributed by atoms with Crippen LogP contribution in [-0.2, 0) is 11.3 Å². The van der Waals surface area contributed by atoms with E-state index < -0.39 is 5.97 Å². The number of benzene rings is 3. The molecule has 166 valence electrons. The number of allylic oxidation sites excluding steroid dienone is 3. The minimum absolute atomic E-state index is 0.0196. The number of hydrogen-bond donors (Lipinski definition) is 4. The molecule has 7 nitrogen and oxygen atoms in total. The molecule has 1 amide bonds. The largest absolute Gasteiger partial charge is 0.481 e. The van der Waals surface area contributed by atoms with Crippen molar-refractivity contribution in [3.05, 3.63) is 102 Å². The second kappa shape index (κ2) is 11.8. The van der Waals surface area contributed by atoms with Crippen LogP contribution in [0.15, 0.2) is 96.2 Å². The summed E-state index contributed by atoms with van der Waals surface area (Å²) in [5.41, 5.74) is 2.37. The van der Waals surface area contributed by atoms with Gasteiger partial charge in [-0.3, -0.25) is 9.59 Å². The first-order valence-corrected chi connectivity index (χ1v) is 10.3. The first kappa shape index (κ1) is 23.1. The van der Waals surface area contributed by atoms with Gasteiger partial charge >= 0.3 is 5.97 Å². The summed E-state index contributed by atoms with van der Waals surface area (Å²) in [5, 5.41) is 24.1. The van der Waals surface area contributed by atoms with Crippen LogP contribution in [0.25, 0.3) is 10.8 Å². The van der Waals surface area contributed by atoms with Gasteiger partial charge in [0.2, 0.25) is 0 Å². The molecule has 0 spiro atoms. The van der Waals surface area contributed by atoms with Crippen molar-refractivity contribution in [2.24, 2.45) is 4.99 Å². The van der Waals surface area contributed by atoms with Crippen LogP contribution in [0.3, 0.4) is 0 Å². The number of nitrogens with one attached hydrogen (secondary N) is 3. The normalized spacial score (nSPS) is 11.4. The third-order valence-electron chi connectivity index (χ3n) is 4.62. The molecule has 0 aromatic heterocycles. The molecular formula is C26H24N4O3. The summed E-state index contributed by atoms with van der Waals surface area (Å²) in [6.45, 7) is 0.565. The van der Waals surface area contributed by atoms with Gasteiger partial charge in [-0.25, -0.2) is 4.99 Å². The maximum Gasteiger partial charge on any atom is 0.309 e. The number of carbonyl (C=O) groups is 2. The number of fused-ring (bicyclic) bond motifs is 1. The maximum absolute atomic E-state index is 12.6. The van der Waals surface area contributed by atoms with Gasteiger partial charge in [0.1, 0.15) is 0 Å². The number of amides is 1. The van der Waals surface area contributed by atoms with Crippen molar-refractivity contribution in [3.8, 4) is 0 Å². The van der Waals surface area contributed by atoms with E-state index in [0.717, 1.165) is 16.3 Å². The number of carboxylic acid groups (broad SMARTS) is 1.